The Morgan fingerprint density at radius 1 is 0.759 bits per heavy atom. The summed E-state index contributed by atoms with van der Waals surface area (Å²) in [6.07, 6.45) is 0.699. The first-order valence-corrected chi connectivity index (χ1v) is 10.2. The van der Waals surface area contributed by atoms with E-state index >= 15 is 0 Å². The van der Waals surface area contributed by atoms with Gasteiger partial charge in [-0.2, -0.15) is 0 Å². The van der Waals surface area contributed by atoms with Crippen LogP contribution in [0.15, 0.2) is 36.4 Å². The lowest BCUT2D eigenvalue weighted by Gasteiger charge is -2.23. The molecule has 0 aliphatic carbocycles. The Bertz CT molecular complexity index is 846. The summed E-state index contributed by atoms with van der Waals surface area (Å²) in [5.74, 6) is 0. The summed E-state index contributed by atoms with van der Waals surface area (Å²) in [6, 6.07) is 10.5. The van der Waals surface area contributed by atoms with Crippen molar-refractivity contribution in [2.24, 2.45) is 0 Å². The fourth-order valence-electron chi connectivity index (χ4n) is 3.07. The molecule has 1 saturated heterocycles. The van der Waals surface area contributed by atoms with E-state index in [1.165, 1.54) is 0 Å². The van der Waals surface area contributed by atoms with Crippen molar-refractivity contribution in [2.45, 2.75) is 20.3 Å². The number of hydrogen-bond acceptors (Lipinski definition) is 2. The van der Waals surface area contributed by atoms with Gasteiger partial charge in [0.05, 0.1) is 0 Å². The predicted octanol–water partition coefficient (Wildman–Crippen LogP) is 5.38. The van der Waals surface area contributed by atoms with Crippen LogP contribution in [0.4, 0.5) is 21.0 Å². The molecule has 29 heavy (non-hydrogen) atoms. The number of carbonyl (C=O) groups is 2. The molecule has 0 atom stereocenters. The van der Waals surface area contributed by atoms with E-state index in [1.54, 1.807) is 21.9 Å². The molecule has 0 spiro atoms. The number of urea groups is 2. The van der Waals surface area contributed by atoms with Gasteiger partial charge in [0.1, 0.15) is 0 Å². The maximum absolute atomic E-state index is 12.6. The highest BCUT2D eigenvalue weighted by Crippen LogP contribution is 2.21. The van der Waals surface area contributed by atoms with E-state index in [-0.39, 0.29) is 12.1 Å². The van der Waals surface area contributed by atoms with E-state index in [0.29, 0.717) is 54.0 Å². The highest BCUT2D eigenvalue weighted by molar-refractivity contribution is 6.32. The van der Waals surface area contributed by atoms with Gasteiger partial charge in [0.25, 0.3) is 0 Å². The van der Waals surface area contributed by atoms with Crippen LogP contribution >= 0.6 is 23.2 Å². The van der Waals surface area contributed by atoms with Crippen LogP contribution in [0, 0.1) is 13.8 Å². The third-order valence-corrected chi connectivity index (χ3v) is 5.73. The summed E-state index contributed by atoms with van der Waals surface area (Å²) < 4.78 is 0. The average Bonchev–Trinajstić information content (AvgIpc) is 2.94. The Labute approximate surface area is 180 Å². The number of aryl methyl sites for hydroxylation is 2. The fraction of sp³-hybridized carbons (Fsp3) is 0.333. The van der Waals surface area contributed by atoms with E-state index in [4.69, 9.17) is 23.2 Å². The van der Waals surface area contributed by atoms with Crippen molar-refractivity contribution >= 4 is 46.6 Å². The maximum atomic E-state index is 12.6. The van der Waals surface area contributed by atoms with Crippen molar-refractivity contribution in [3.63, 3.8) is 0 Å². The molecule has 0 saturated carbocycles. The van der Waals surface area contributed by atoms with Gasteiger partial charge in [0.15, 0.2) is 0 Å². The molecule has 0 bridgehead atoms. The zero-order valence-corrected chi connectivity index (χ0v) is 18.0. The first kappa shape index (κ1) is 21.3. The molecule has 6 nitrogen and oxygen atoms in total. The molecular weight excluding hydrogens is 411 g/mol. The number of amides is 4. The molecule has 3 rings (SSSR count). The molecule has 1 aliphatic heterocycles. The molecule has 0 radical (unpaired) electrons. The number of anilines is 2. The van der Waals surface area contributed by atoms with E-state index < -0.39 is 0 Å². The van der Waals surface area contributed by atoms with Crippen LogP contribution in [0.5, 0.6) is 0 Å². The third-order valence-electron chi connectivity index (χ3n) is 4.92. The van der Waals surface area contributed by atoms with Gasteiger partial charge in [0, 0.05) is 47.6 Å². The number of rotatable bonds is 2. The molecule has 8 heteroatoms. The molecule has 4 amide bonds. The van der Waals surface area contributed by atoms with Gasteiger partial charge in [-0.3, -0.25) is 0 Å². The van der Waals surface area contributed by atoms with Crippen LogP contribution in [0.1, 0.15) is 17.5 Å². The van der Waals surface area contributed by atoms with Gasteiger partial charge in [-0.25, -0.2) is 9.59 Å². The van der Waals surface area contributed by atoms with Crippen molar-refractivity contribution in [3.8, 4) is 0 Å². The van der Waals surface area contributed by atoms with Crippen LogP contribution in [-0.2, 0) is 0 Å². The zero-order chi connectivity index (χ0) is 21.0. The molecule has 2 aromatic carbocycles. The molecule has 1 aliphatic rings. The normalized spacial score (nSPS) is 14.3. The number of nitrogens with one attached hydrogen (secondary N) is 2. The first-order chi connectivity index (χ1) is 13.8. The Morgan fingerprint density at radius 3 is 1.55 bits per heavy atom. The van der Waals surface area contributed by atoms with Crippen molar-refractivity contribution in [1.29, 1.82) is 0 Å². The molecule has 0 aromatic heterocycles. The summed E-state index contributed by atoms with van der Waals surface area (Å²) in [5, 5.41) is 6.96. The lowest BCUT2D eigenvalue weighted by molar-refractivity contribution is 0.205. The van der Waals surface area contributed by atoms with Crippen molar-refractivity contribution in [2.75, 3.05) is 36.8 Å². The Morgan fingerprint density at radius 2 is 1.17 bits per heavy atom. The van der Waals surface area contributed by atoms with Crippen LogP contribution < -0.4 is 10.6 Å². The zero-order valence-electron chi connectivity index (χ0n) is 16.5. The SMILES string of the molecule is Cc1ccc(NC(=O)N2CCCN(C(=O)Nc3ccc(C)c(Cl)c3)CC2)cc1Cl. The molecule has 154 valence electrons. The Hall–Kier alpha value is -2.44. The fourth-order valence-corrected chi connectivity index (χ4v) is 3.43. The van der Waals surface area contributed by atoms with Crippen molar-refractivity contribution < 1.29 is 9.59 Å². The number of halogens is 2. The molecule has 1 fully saturated rings. The second-order valence-electron chi connectivity index (χ2n) is 7.12. The molecule has 2 N–H and O–H groups in total. The minimum Gasteiger partial charge on any atom is -0.323 e. The minimum atomic E-state index is -0.197. The quantitative estimate of drug-likeness (QED) is 0.665. The molecule has 0 unspecified atom stereocenters. The van der Waals surface area contributed by atoms with E-state index in [2.05, 4.69) is 10.6 Å². The summed E-state index contributed by atoms with van der Waals surface area (Å²) in [5.41, 5.74) is 3.22. The highest BCUT2D eigenvalue weighted by atomic mass is 35.5. The average molecular weight is 435 g/mol. The smallest absolute Gasteiger partial charge is 0.321 e. The lowest BCUT2D eigenvalue weighted by Crippen LogP contribution is -2.40. The van der Waals surface area contributed by atoms with Crippen LogP contribution in [-0.4, -0.2) is 48.0 Å². The highest BCUT2D eigenvalue weighted by Gasteiger charge is 2.22. The van der Waals surface area contributed by atoms with Gasteiger partial charge < -0.3 is 20.4 Å². The number of benzene rings is 2. The number of nitrogens with zero attached hydrogens (tertiary/aromatic N) is 2. The minimum absolute atomic E-state index is 0.197. The van der Waals surface area contributed by atoms with E-state index in [1.807, 2.05) is 38.1 Å². The van der Waals surface area contributed by atoms with Gasteiger partial charge >= 0.3 is 12.1 Å². The van der Waals surface area contributed by atoms with Gasteiger partial charge in [-0.1, -0.05) is 35.3 Å². The predicted molar refractivity (Wildman–Crippen MR) is 118 cm³/mol. The molecule has 2 aromatic rings. The second-order valence-corrected chi connectivity index (χ2v) is 7.93. The number of hydrogen-bond donors (Lipinski definition) is 2. The summed E-state index contributed by atoms with van der Waals surface area (Å²) in [6.45, 7) is 5.87. The summed E-state index contributed by atoms with van der Waals surface area (Å²) >= 11 is 12.2. The summed E-state index contributed by atoms with van der Waals surface area (Å²) in [4.78, 5) is 28.6. The Balaban J connectivity index is 1.56. The monoisotopic (exact) mass is 434 g/mol. The first-order valence-electron chi connectivity index (χ1n) is 9.47. The van der Waals surface area contributed by atoms with Crippen molar-refractivity contribution in [3.05, 3.63) is 57.6 Å². The van der Waals surface area contributed by atoms with E-state index in [0.717, 1.165) is 11.1 Å². The topological polar surface area (TPSA) is 64.7 Å². The molecular formula is C21H24Cl2N4O2. The van der Waals surface area contributed by atoms with Gasteiger partial charge in [-0.15, -0.1) is 0 Å². The van der Waals surface area contributed by atoms with Crippen LogP contribution in [0.25, 0.3) is 0 Å². The van der Waals surface area contributed by atoms with Gasteiger partial charge in [0.2, 0.25) is 0 Å². The van der Waals surface area contributed by atoms with E-state index in [9.17, 15) is 9.59 Å². The lowest BCUT2D eigenvalue weighted by atomic mass is 10.2. The van der Waals surface area contributed by atoms with Crippen LogP contribution in [0.3, 0.4) is 0 Å². The summed E-state index contributed by atoms with van der Waals surface area (Å²) in [7, 11) is 0. The Kier molecular flexibility index (Phi) is 6.87. The van der Waals surface area contributed by atoms with Crippen LogP contribution in [0.2, 0.25) is 10.0 Å². The standard InChI is InChI=1S/C21H24Cl2N4O2/c1-14-4-6-16(12-18(14)22)24-20(28)26-8-3-9-27(11-10-26)21(29)25-17-7-5-15(2)19(23)13-17/h4-7,12-13H,3,8-11H2,1-2H3,(H,24,28)(H,25,29). The number of carbonyl (C=O) groups excluding carboxylic acids is 2. The maximum Gasteiger partial charge on any atom is 0.321 e. The van der Waals surface area contributed by atoms with Crippen molar-refractivity contribution in [1.82, 2.24) is 9.80 Å². The molecule has 1 heterocycles. The second kappa shape index (κ2) is 9.37. The van der Waals surface area contributed by atoms with Gasteiger partial charge in [-0.05, 0) is 55.7 Å². The third kappa shape index (κ3) is 5.55. The largest absolute Gasteiger partial charge is 0.323 e.